The van der Waals surface area contributed by atoms with E-state index in [-0.39, 0.29) is 39.1 Å². The van der Waals surface area contributed by atoms with E-state index in [1.54, 1.807) is 18.2 Å². The SMILES string of the molecule is CC1(C)C(=O)C(=Cc2ccccc2OC(F)(F)F)C[C@@]2(C)C1CC[C@]1(C)C2CCC2C3[C@H]4OC[C@@]3(CCC4(C)C)CC[C@]21C. The molecule has 6 fully saturated rings. The zero-order valence-electron chi connectivity index (χ0n) is 27.7. The molecule has 7 rings (SSSR count). The maximum atomic E-state index is 14.1. The van der Waals surface area contributed by atoms with Crippen LogP contribution < -0.4 is 4.74 Å². The number of hydrogen-bond donors (Lipinski definition) is 0. The second-order valence-corrected chi connectivity index (χ2v) is 17.8. The van der Waals surface area contributed by atoms with Crippen LogP contribution in [0.5, 0.6) is 5.75 Å². The average molecular weight is 613 g/mol. The summed E-state index contributed by atoms with van der Waals surface area (Å²) < 4.78 is 50.9. The zero-order chi connectivity index (χ0) is 31.7. The number of fused-ring (bicyclic) bond motifs is 5. The van der Waals surface area contributed by atoms with Gasteiger partial charge >= 0.3 is 6.36 Å². The molecule has 0 spiro atoms. The zero-order valence-corrected chi connectivity index (χ0v) is 27.7. The van der Waals surface area contributed by atoms with Crippen LogP contribution >= 0.6 is 0 Å². The molecule has 0 amide bonds. The summed E-state index contributed by atoms with van der Waals surface area (Å²) in [4.78, 5) is 14.1. The number of para-hydroxylation sites is 1. The van der Waals surface area contributed by atoms with Crippen molar-refractivity contribution >= 4 is 11.9 Å². The molecule has 1 aromatic rings. The highest BCUT2D eigenvalue weighted by molar-refractivity contribution is 6.04. The van der Waals surface area contributed by atoms with Gasteiger partial charge in [-0.25, -0.2) is 0 Å². The minimum atomic E-state index is -4.79. The highest BCUT2D eigenvalue weighted by Crippen LogP contribution is 2.78. The van der Waals surface area contributed by atoms with Gasteiger partial charge in [0.05, 0.1) is 12.7 Å². The van der Waals surface area contributed by atoms with Crippen molar-refractivity contribution < 1.29 is 27.4 Å². The Morgan fingerprint density at radius 3 is 2.30 bits per heavy atom. The molecule has 3 nitrogen and oxygen atoms in total. The Balaban J connectivity index is 1.27. The minimum absolute atomic E-state index is 0.0723. The molecule has 5 saturated carbocycles. The molecule has 1 aromatic carbocycles. The first-order chi connectivity index (χ1) is 20.4. The number of ketones is 1. The van der Waals surface area contributed by atoms with Gasteiger partial charge in [-0.1, -0.05) is 66.7 Å². The van der Waals surface area contributed by atoms with E-state index in [2.05, 4.69) is 53.2 Å². The summed E-state index contributed by atoms with van der Waals surface area (Å²) >= 11 is 0. The van der Waals surface area contributed by atoms with Crippen molar-refractivity contribution in [2.45, 2.75) is 119 Å². The fraction of sp³-hybridized carbons (Fsp3) is 0.763. The van der Waals surface area contributed by atoms with Crippen molar-refractivity contribution in [1.82, 2.24) is 0 Å². The molecule has 1 heterocycles. The molecular formula is C38H51F3O3. The topological polar surface area (TPSA) is 35.5 Å². The molecular weight excluding hydrogens is 561 g/mol. The van der Waals surface area contributed by atoms with Gasteiger partial charge in [0, 0.05) is 11.0 Å². The number of Topliss-reactive ketones (excluding diaryl/α,β-unsaturated/α-hetero) is 1. The Morgan fingerprint density at radius 2 is 1.57 bits per heavy atom. The summed E-state index contributed by atoms with van der Waals surface area (Å²) in [6, 6.07) is 6.21. The minimum Gasteiger partial charge on any atom is -0.405 e. The van der Waals surface area contributed by atoms with Gasteiger partial charge in [0.1, 0.15) is 5.75 Å². The monoisotopic (exact) mass is 612 g/mol. The third-order valence-corrected chi connectivity index (χ3v) is 15.2. The van der Waals surface area contributed by atoms with E-state index < -0.39 is 11.8 Å². The quantitative estimate of drug-likeness (QED) is 0.312. The van der Waals surface area contributed by atoms with Crippen molar-refractivity contribution in [3.63, 3.8) is 0 Å². The van der Waals surface area contributed by atoms with Gasteiger partial charge < -0.3 is 9.47 Å². The van der Waals surface area contributed by atoms with Gasteiger partial charge in [0.15, 0.2) is 5.78 Å². The van der Waals surface area contributed by atoms with Crippen LogP contribution in [0.25, 0.3) is 6.08 Å². The Hall–Kier alpha value is -1.82. The van der Waals surface area contributed by atoms with Gasteiger partial charge in [-0.05, 0) is 126 Å². The van der Waals surface area contributed by atoms with Crippen LogP contribution in [0.15, 0.2) is 29.8 Å². The Kier molecular flexibility index (Phi) is 6.57. The van der Waals surface area contributed by atoms with Crippen LogP contribution in [-0.4, -0.2) is 24.9 Å². The molecule has 6 aliphatic rings. The van der Waals surface area contributed by atoms with Crippen LogP contribution in [-0.2, 0) is 9.53 Å². The highest BCUT2D eigenvalue weighted by Gasteiger charge is 2.73. The number of halogens is 3. The molecule has 2 bridgehead atoms. The molecule has 44 heavy (non-hydrogen) atoms. The molecule has 4 unspecified atom stereocenters. The normalized spacial score (nSPS) is 46.5. The summed E-state index contributed by atoms with van der Waals surface area (Å²) in [5, 5.41) is 0. The van der Waals surface area contributed by atoms with Crippen LogP contribution in [0.3, 0.4) is 0 Å². The van der Waals surface area contributed by atoms with E-state index in [0.29, 0.717) is 46.8 Å². The first kappa shape index (κ1) is 30.8. The van der Waals surface area contributed by atoms with Crippen molar-refractivity contribution in [1.29, 1.82) is 0 Å². The number of carbonyl (C=O) groups is 1. The summed E-state index contributed by atoms with van der Waals surface area (Å²) in [5.74, 6) is 1.76. The summed E-state index contributed by atoms with van der Waals surface area (Å²) in [6.45, 7) is 17.6. The molecule has 242 valence electrons. The predicted molar refractivity (Wildman–Crippen MR) is 166 cm³/mol. The van der Waals surface area contributed by atoms with Gasteiger partial charge in [-0.3, -0.25) is 4.79 Å². The predicted octanol–water partition coefficient (Wildman–Crippen LogP) is 10.0. The first-order valence-corrected chi connectivity index (χ1v) is 17.1. The maximum Gasteiger partial charge on any atom is 0.573 e. The molecule has 5 aliphatic carbocycles. The fourth-order valence-electron chi connectivity index (χ4n) is 13.0. The van der Waals surface area contributed by atoms with Crippen LogP contribution in [0.1, 0.15) is 112 Å². The maximum absolute atomic E-state index is 14.1. The third-order valence-electron chi connectivity index (χ3n) is 15.2. The molecule has 9 atom stereocenters. The number of carbonyl (C=O) groups excluding carboxylic acids is 1. The summed E-state index contributed by atoms with van der Waals surface area (Å²) in [5.41, 5.74) is 1.12. The van der Waals surface area contributed by atoms with Gasteiger partial charge in [0.2, 0.25) is 0 Å². The first-order valence-electron chi connectivity index (χ1n) is 17.1. The van der Waals surface area contributed by atoms with Crippen molar-refractivity contribution in [2.75, 3.05) is 6.61 Å². The number of alkyl halides is 3. The standard InChI is InChI=1S/C38H51F3O3/c1-32(2)16-18-37-19-17-35(6)25(29(37)31(32)43-22-37)12-13-28-34(5)21-24(20-23-10-8-9-11-26(23)44-38(39,40)41)30(42)33(3,4)27(34)14-15-36(28,35)7/h8-11,20,25,27-29,31H,12-19,21-22H2,1-7H3/t25?,27?,28?,29?,31-,34+,35-,36-,37-/m1/s1. The van der Waals surface area contributed by atoms with E-state index in [1.165, 1.54) is 44.2 Å². The van der Waals surface area contributed by atoms with Crippen LogP contribution in [0, 0.1) is 56.2 Å². The molecule has 0 aromatic heterocycles. The molecule has 1 saturated heterocycles. The number of rotatable bonds is 2. The molecule has 1 aliphatic heterocycles. The van der Waals surface area contributed by atoms with Gasteiger partial charge in [0.25, 0.3) is 0 Å². The lowest BCUT2D eigenvalue weighted by Crippen LogP contribution is -2.67. The second kappa shape index (κ2) is 9.38. The Bertz CT molecular complexity index is 1390. The lowest BCUT2D eigenvalue weighted by molar-refractivity contribution is -0.274. The van der Waals surface area contributed by atoms with E-state index in [9.17, 15) is 18.0 Å². The van der Waals surface area contributed by atoms with Crippen molar-refractivity contribution in [3.05, 3.63) is 35.4 Å². The van der Waals surface area contributed by atoms with Crippen molar-refractivity contribution in [2.24, 2.45) is 56.2 Å². The Labute approximate surface area is 261 Å². The lowest BCUT2D eigenvalue weighted by Gasteiger charge is -2.73. The Morgan fingerprint density at radius 1 is 0.864 bits per heavy atom. The molecule has 6 heteroatoms. The van der Waals surface area contributed by atoms with Crippen LogP contribution in [0.4, 0.5) is 13.2 Å². The lowest BCUT2D eigenvalue weighted by atomic mass is 9.31. The number of hydrogen-bond acceptors (Lipinski definition) is 3. The van der Waals surface area contributed by atoms with E-state index in [0.717, 1.165) is 25.9 Å². The largest absolute Gasteiger partial charge is 0.573 e. The number of ether oxygens (including phenoxy) is 2. The third kappa shape index (κ3) is 4.06. The van der Waals surface area contributed by atoms with Gasteiger partial charge in [-0.2, -0.15) is 0 Å². The van der Waals surface area contributed by atoms with E-state index in [1.807, 2.05) is 0 Å². The fourth-order valence-corrected chi connectivity index (χ4v) is 13.0. The van der Waals surface area contributed by atoms with E-state index in [4.69, 9.17) is 4.74 Å². The second-order valence-electron chi connectivity index (χ2n) is 17.8. The molecule has 0 N–H and O–H groups in total. The summed E-state index contributed by atoms with van der Waals surface area (Å²) in [6.07, 6.45) is 7.41. The van der Waals surface area contributed by atoms with Gasteiger partial charge in [-0.15, -0.1) is 13.2 Å². The summed E-state index contributed by atoms with van der Waals surface area (Å²) in [7, 11) is 0. The van der Waals surface area contributed by atoms with Crippen LogP contribution in [0.2, 0.25) is 0 Å². The van der Waals surface area contributed by atoms with E-state index >= 15 is 0 Å². The number of allylic oxidation sites excluding steroid dienone is 1. The average Bonchev–Trinajstić information content (AvgIpc) is 3.26. The molecule has 0 radical (unpaired) electrons. The number of benzene rings is 1. The highest BCUT2D eigenvalue weighted by atomic mass is 19.4. The van der Waals surface area contributed by atoms with Crippen molar-refractivity contribution in [3.8, 4) is 5.75 Å². The smallest absolute Gasteiger partial charge is 0.405 e.